The Kier molecular flexibility index (Phi) is 4.76. The Morgan fingerprint density at radius 3 is 2.53 bits per heavy atom. The maximum Gasteiger partial charge on any atom is 0.307 e. The molecule has 19 heavy (non-hydrogen) atoms. The number of halogens is 2. The highest BCUT2D eigenvalue weighted by molar-refractivity contribution is 7.89. The third-order valence-electron chi connectivity index (χ3n) is 2.09. The lowest BCUT2D eigenvalue weighted by Crippen LogP contribution is -2.31. The van der Waals surface area contributed by atoms with Crippen LogP contribution in [0.3, 0.4) is 0 Å². The summed E-state index contributed by atoms with van der Waals surface area (Å²) in [5.41, 5.74) is -0.667. The van der Waals surface area contributed by atoms with Crippen LogP contribution in [0.25, 0.3) is 0 Å². The van der Waals surface area contributed by atoms with Gasteiger partial charge in [0, 0.05) is 0 Å². The van der Waals surface area contributed by atoms with Gasteiger partial charge in [-0.1, -0.05) is 29.1 Å². The number of sulfonamides is 1. The molecule has 6 nitrogen and oxygen atoms in total. The van der Waals surface area contributed by atoms with E-state index in [1.807, 2.05) is 0 Å². The lowest BCUT2D eigenvalue weighted by atomic mass is 10.3. The summed E-state index contributed by atoms with van der Waals surface area (Å²) < 4.78 is 26.0. The Bertz CT molecular complexity index is 667. The highest BCUT2D eigenvalue weighted by atomic mass is 35.5. The fraction of sp³-hybridized carbons (Fsp3) is 0.200. The van der Waals surface area contributed by atoms with Gasteiger partial charge in [0.1, 0.15) is 14.9 Å². The molecule has 1 aromatic carbocycles. The molecule has 0 spiro atoms. The number of hydrogen-bond donors (Lipinski definition) is 1. The van der Waals surface area contributed by atoms with Crippen molar-refractivity contribution in [3.05, 3.63) is 32.3 Å². The molecule has 0 saturated carbocycles. The summed E-state index contributed by atoms with van der Waals surface area (Å²) in [5, 5.41) is 9.98. The Balaban J connectivity index is 3.42. The van der Waals surface area contributed by atoms with Crippen molar-refractivity contribution in [2.45, 2.75) is 17.9 Å². The normalized spacial score (nSPS) is 12.7. The molecule has 0 saturated heterocycles. The second-order valence-corrected chi connectivity index (χ2v) is 5.94. The smallest absolute Gasteiger partial charge is 0.258 e. The zero-order chi connectivity index (χ0) is 14.8. The van der Waals surface area contributed by atoms with Crippen molar-refractivity contribution < 1.29 is 13.3 Å². The fourth-order valence-electron chi connectivity index (χ4n) is 1.23. The molecule has 1 atom stereocenters. The molecule has 0 heterocycles. The quantitative estimate of drug-likeness (QED) is 0.522. The summed E-state index contributed by atoms with van der Waals surface area (Å²) in [4.78, 5) is 9.48. The van der Waals surface area contributed by atoms with Gasteiger partial charge >= 0.3 is 5.69 Å². The summed E-state index contributed by atoms with van der Waals surface area (Å²) in [5.74, 6) is 2.17. The van der Waals surface area contributed by atoms with Crippen LogP contribution < -0.4 is 4.72 Å². The molecule has 1 unspecified atom stereocenters. The SMILES string of the molecule is C#CC(C)NS(=O)(=O)c1ccc(Cl)c([N+](=O)[O-])c1Cl. The van der Waals surface area contributed by atoms with Gasteiger partial charge in [0.15, 0.2) is 0 Å². The molecule has 0 radical (unpaired) electrons. The molecule has 0 aliphatic carbocycles. The van der Waals surface area contributed by atoms with Gasteiger partial charge in [-0.2, -0.15) is 4.72 Å². The van der Waals surface area contributed by atoms with E-state index in [4.69, 9.17) is 29.6 Å². The van der Waals surface area contributed by atoms with Crippen LogP contribution >= 0.6 is 23.2 Å². The first-order valence-electron chi connectivity index (χ1n) is 4.81. The number of nitro groups is 1. The van der Waals surface area contributed by atoms with Gasteiger partial charge in [-0.3, -0.25) is 10.1 Å². The highest BCUT2D eigenvalue weighted by Gasteiger charge is 2.28. The summed E-state index contributed by atoms with van der Waals surface area (Å²) in [7, 11) is -4.06. The van der Waals surface area contributed by atoms with Gasteiger partial charge in [0.25, 0.3) is 0 Å². The largest absolute Gasteiger partial charge is 0.307 e. The fourth-order valence-corrected chi connectivity index (χ4v) is 3.28. The number of nitro benzene ring substituents is 1. The van der Waals surface area contributed by atoms with Gasteiger partial charge in [-0.05, 0) is 19.1 Å². The number of hydrogen-bond acceptors (Lipinski definition) is 4. The zero-order valence-corrected chi connectivity index (χ0v) is 11.9. The summed E-state index contributed by atoms with van der Waals surface area (Å²) in [6, 6.07) is 1.37. The van der Waals surface area contributed by atoms with Crippen LogP contribution in [0.1, 0.15) is 6.92 Å². The number of nitrogens with one attached hydrogen (secondary N) is 1. The van der Waals surface area contributed by atoms with Crippen LogP contribution in [0.5, 0.6) is 0 Å². The predicted octanol–water partition coefficient (Wildman–Crippen LogP) is 2.20. The second-order valence-electron chi connectivity index (χ2n) is 3.47. The monoisotopic (exact) mass is 322 g/mol. The molecule has 0 fully saturated rings. The number of terminal acetylenes is 1. The molecule has 0 aliphatic heterocycles. The minimum atomic E-state index is -4.06. The Hall–Kier alpha value is -1.33. The maximum atomic E-state index is 12.0. The number of benzene rings is 1. The van der Waals surface area contributed by atoms with E-state index in [1.165, 1.54) is 6.92 Å². The molecule has 0 aromatic heterocycles. The summed E-state index contributed by atoms with van der Waals surface area (Å²) in [6.07, 6.45) is 5.06. The third kappa shape index (κ3) is 3.36. The van der Waals surface area contributed by atoms with Crippen LogP contribution in [-0.2, 0) is 10.0 Å². The minimum absolute atomic E-state index is 0.251. The number of nitrogens with zero attached hydrogens (tertiary/aromatic N) is 1. The Morgan fingerprint density at radius 1 is 1.47 bits per heavy atom. The van der Waals surface area contributed by atoms with E-state index in [-0.39, 0.29) is 5.02 Å². The van der Waals surface area contributed by atoms with E-state index in [1.54, 1.807) is 0 Å². The molecule has 1 rings (SSSR count). The lowest BCUT2D eigenvalue weighted by molar-refractivity contribution is -0.384. The van der Waals surface area contributed by atoms with E-state index in [0.29, 0.717) is 0 Å². The Labute approximate surface area is 119 Å². The van der Waals surface area contributed by atoms with Crippen LogP contribution in [0.15, 0.2) is 17.0 Å². The molecule has 1 N–H and O–H groups in total. The van der Waals surface area contributed by atoms with Crippen LogP contribution in [0.4, 0.5) is 5.69 Å². The van der Waals surface area contributed by atoms with Crippen molar-refractivity contribution in [2.24, 2.45) is 0 Å². The average Bonchev–Trinajstić information content (AvgIpc) is 2.27. The summed E-state index contributed by atoms with van der Waals surface area (Å²) in [6.45, 7) is 1.44. The first-order valence-corrected chi connectivity index (χ1v) is 7.05. The molecule has 0 amide bonds. The third-order valence-corrected chi connectivity index (χ3v) is 4.47. The average molecular weight is 323 g/mol. The van der Waals surface area contributed by atoms with Crippen molar-refractivity contribution >= 4 is 38.9 Å². The van der Waals surface area contributed by atoms with E-state index in [2.05, 4.69) is 10.6 Å². The molecule has 9 heteroatoms. The molecule has 1 aromatic rings. The van der Waals surface area contributed by atoms with Crippen molar-refractivity contribution in [1.29, 1.82) is 0 Å². The molecule has 102 valence electrons. The van der Waals surface area contributed by atoms with E-state index in [9.17, 15) is 18.5 Å². The predicted molar refractivity (Wildman–Crippen MR) is 71.7 cm³/mol. The Morgan fingerprint density at radius 2 is 2.05 bits per heavy atom. The summed E-state index contributed by atoms with van der Waals surface area (Å²) >= 11 is 11.3. The maximum absolute atomic E-state index is 12.0. The lowest BCUT2D eigenvalue weighted by Gasteiger charge is -2.10. The van der Waals surface area contributed by atoms with E-state index in [0.717, 1.165) is 12.1 Å². The molecule has 0 aliphatic rings. The topological polar surface area (TPSA) is 89.3 Å². The van der Waals surface area contributed by atoms with Gasteiger partial charge in [0.05, 0.1) is 11.0 Å². The number of rotatable bonds is 4. The highest BCUT2D eigenvalue weighted by Crippen LogP contribution is 2.36. The van der Waals surface area contributed by atoms with Crippen molar-refractivity contribution in [3.8, 4) is 12.3 Å². The zero-order valence-electron chi connectivity index (χ0n) is 9.55. The minimum Gasteiger partial charge on any atom is -0.258 e. The molecule has 0 bridgehead atoms. The molecular weight excluding hydrogens is 315 g/mol. The first-order chi connectivity index (χ1) is 8.70. The standard InChI is InChI=1S/C10H8Cl2N2O4S/c1-3-6(2)13-19(17,18)8-5-4-7(11)10(9(8)12)14(15)16/h1,4-6,13H,2H3. The molecular formula is C10H8Cl2N2O4S. The van der Waals surface area contributed by atoms with Gasteiger partial charge < -0.3 is 0 Å². The van der Waals surface area contributed by atoms with Gasteiger partial charge in [-0.25, -0.2) is 8.42 Å². The van der Waals surface area contributed by atoms with Gasteiger partial charge in [0.2, 0.25) is 10.0 Å². The van der Waals surface area contributed by atoms with Gasteiger partial charge in [-0.15, -0.1) is 6.42 Å². The van der Waals surface area contributed by atoms with Crippen molar-refractivity contribution in [1.82, 2.24) is 4.72 Å². The van der Waals surface area contributed by atoms with Crippen LogP contribution in [0.2, 0.25) is 10.0 Å². The van der Waals surface area contributed by atoms with Crippen molar-refractivity contribution in [2.75, 3.05) is 0 Å². The van der Waals surface area contributed by atoms with Crippen LogP contribution in [-0.4, -0.2) is 19.4 Å². The van der Waals surface area contributed by atoms with E-state index < -0.39 is 36.6 Å². The van der Waals surface area contributed by atoms with E-state index >= 15 is 0 Å². The second kappa shape index (κ2) is 5.75. The van der Waals surface area contributed by atoms with Crippen molar-refractivity contribution in [3.63, 3.8) is 0 Å². The first kappa shape index (κ1) is 15.7. The van der Waals surface area contributed by atoms with Crippen LogP contribution in [0, 0.1) is 22.5 Å².